The Labute approximate surface area is 163 Å². The molecule has 3 rings (SSSR count). The summed E-state index contributed by atoms with van der Waals surface area (Å²) >= 11 is 0. The molecule has 0 aromatic heterocycles. The van der Waals surface area contributed by atoms with Crippen LogP contribution in [-0.4, -0.2) is 0 Å². The van der Waals surface area contributed by atoms with E-state index in [0.717, 1.165) is 11.8 Å². The van der Waals surface area contributed by atoms with Crippen LogP contribution < -0.4 is 0 Å². The molecule has 146 valence electrons. The van der Waals surface area contributed by atoms with Gasteiger partial charge in [0.05, 0.1) is 0 Å². The molecule has 2 fully saturated rings. The number of rotatable bonds is 9. The third-order valence-electron chi connectivity index (χ3n) is 7.67. The lowest BCUT2D eigenvalue weighted by Crippen LogP contribution is -2.44. The van der Waals surface area contributed by atoms with Gasteiger partial charge < -0.3 is 0 Å². The van der Waals surface area contributed by atoms with Gasteiger partial charge in [-0.3, -0.25) is 0 Å². The Bertz CT molecular complexity index is 458. The summed E-state index contributed by atoms with van der Waals surface area (Å²) in [7, 11) is 0. The van der Waals surface area contributed by atoms with E-state index in [9.17, 15) is 0 Å². The molecule has 1 aromatic carbocycles. The van der Waals surface area contributed by atoms with E-state index in [-0.39, 0.29) is 0 Å². The van der Waals surface area contributed by atoms with Crippen molar-refractivity contribution >= 4 is 0 Å². The molecule has 0 amide bonds. The molecule has 2 aliphatic carbocycles. The van der Waals surface area contributed by atoms with E-state index in [4.69, 9.17) is 0 Å². The standard InChI is InChI=1S/C26H42/c1-2-3-4-5-15-22-26(23-16-9-6-10-17-23,24-18-11-7-12-19-24)25-20-13-8-14-21-25/h6,9-10,16-17,24-25H,2-5,7-8,11-15,18-22H2,1H3. The van der Waals surface area contributed by atoms with Crippen LogP contribution in [0.2, 0.25) is 0 Å². The van der Waals surface area contributed by atoms with Crippen LogP contribution in [-0.2, 0) is 5.41 Å². The first kappa shape index (κ1) is 20.0. The molecule has 0 saturated heterocycles. The molecular weight excluding hydrogens is 312 g/mol. The number of unbranched alkanes of at least 4 members (excludes halogenated alkanes) is 4. The first-order valence-corrected chi connectivity index (χ1v) is 11.9. The molecule has 0 aliphatic heterocycles. The fraction of sp³-hybridized carbons (Fsp3) is 0.769. The summed E-state index contributed by atoms with van der Waals surface area (Å²) in [6, 6.07) is 11.8. The second-order valence-corrected chi connectivity index (χ2v) is 9.24. The predicted octanol–water partition coefficient (Wildman–Crippen LogP) is 8.45. The van der Waals surface area contributed by atoms with Crippen LogP contribution in [0.5, 0.6) is 0 Å². The second kappa shape index (κ2) is 10.5. The zero-order valence-electron chi connectivity index (χ0n) is 17.4. The summed E-state index contributed by atoms with van der Waals surface area (Å²) in [5.74, 6) is 1.88. The molecule has 0 heteroatoms. The lowest BCUT2D eigenvalue weighted by Gasteiger charge is -2.50. The van der Waals surface area contributed by atoms with Crippen LogP contribution >= 0.6 is 0 Å². The fourth-order valence-corrected chi connectivity index (χ4v) is 6.36. The Morgan fingerprint density at radius 3 is 1.77 bits per heavy atom. The third-order valence-corrected chi connectivity index (χ3v) is 7.67. The van der Waals surface area contributed by atoms with Gasteiger partial charge in [-0.25, -0.2) is 0 Å². The van der Waals surface area contributed by atoms with Crippen LogP contribution in [0.3, 0.4) is 0 Å². The van der Waals surface area contributed by atoms with Crippen LogP contribution in [0, 0.1) is 11.8 Å². The van der Waals surface area contributed by atoms with Crippen molar-refractivity contribution in [3.05, 3.63) is 35.9 Å². The minimum atomic E-state index is 0.480. The van der Waals surface area contributed by atoms with Crippen molar-refractivity contribution < 1.29 is 0 Å². The van der Waals surface area contributed by atoms with E-state index in [1.165, 1.54) is 103 Å². The third kappa shape index (κ3) is 4.73. The highest BCUT2D eigenvalue weighted by atomic mass is 14.5. The molecule has 0 atom stereocenters. The van der Waals surface area contributed by atoms with Crippen molar-refractivity contribution in [3.8, 4) is 0 Å². The van der Waals surface area contributed by atoms with E-state index in [1.54, 1.807) is 5.56 Å². The first-order chi connectivity index (χ1) is 12.9. The molecule has 1 aromatic rings. The predicted molar refractivity (Wildman–Crippen MR) is 115 cm³/mol. The SMILES string of the molecule is CCCCCCCC(c1ccccc1)(C1CCCCC1)C1CCCCC1. The molecular formula is C26H42. The van der Waals surface area contributed by atoms with Crippen LogP contribution in [0.1, 0.15) is 115 Å². The van der Waals surface area contributed by atoms with Gasteiger partial charge in [-0.2, -0.15) is 0 Å². The van der Waals surface area contributed by atoms with Gasteiger partial charge in [-0.05, 0) is 49.5 Å². The molecule has 2 aliphatic rings. The second-order valence-electron chi connectivity index (χ2n) is 9.24. The lowest BCUT2D eigenvalue weighted by molar-refractivity contribution is 0.0867. The highest BCUT2D eigenvalue weighted by Crippen LogP contribution is 2.53. The van der Waals surface area contributed by atoms with Crippen LogP contribution in [0.25, 0.3) is 0 Å². The van der Waals surface area contributed by atoms with Crippen LogP contribution in [0.4, 0.5) is 0 Å². The quantitative estimate of drug-likeness (QED) is 0.390. The van der Waals surface area contributed by atoms with E-state index in [2.05, 4.69) is 37.3 Å². The molecule has 0 nitrogen and oxygen atoms in total. The topological polar surface area (TPSA) is 0 Å². The Morgan fingerprint density at radius 1 is 0.692 bits per heavy atom. The van der Waals surface area contributed by atoms with Gasteiger partial charge >= 0.3 is 0 Å². The highest BCUT2D eigenvalue weighted by molar-refractivity contribution is 5.28. The first-order valence-electron chi connectivity index (χ1n) is 11.9. The van der Waals surface area contributed by atoms with Gasteiger partial charge in [0.1, 0.15) is 0 Å². The molecule has 0 unspecified atom stereocenters. The molecule has 2 saturated carbocycles. The number of benzene rings is 1. The van der Waals surface area contributed by atoms with Crippen molar-refractivity contribution in [2.45, 2.75) is 115 Å². The van der Waals surface area contributed by atoms with Crippen molar-refractivity contribution in [1.82, 2.24) is 0 Å². The van der Waals surface area contributed by atoms with Crippen molar-refractivity contribution in [1.29, 1.82) is 0 Å². The zero-order valence-corrected chi connectivity index (χ0v) is 17.4. The minimum Gasteiger partial charge on any atom is -0.0654 e. The summed E-state index contributed by atoms with van der Waals surface area (Å²) in [5, 5.41) is 0. The van der Waals surface area contributed by atoms with E-state index in [1.807, 2.05) is 0 Å². The Hall–Kier alpha value is -0.780. The van der Waals surface area contributed by atoms with E-state index < -0.39 is 0 Å². The van der Waals surface area contributed by atoms with Crippen molar-refractivity contribution in [2.75, 3.05) is 0 Å². The lowest BCUT2D eigenvalue weighted by atomic mass is 9.54. The molecule has 0 heterocycles. The molecule has 0 radical (unpaired) electrons. The van der Waals surface area contributed by atoms with Gasteiger partial charge in [0.25, 0.3) is 0 Å². The summed E-state index contributed by atoms with van der Waals surface area (Å²) in [6.07, 6.45) is 23.4. The summed E-state index contributed by atoms with van der Waals surface area (Å²) < 4.78 is 0. The monoisotopic (exact) mass is 354 g/mol. The molecule has 0 bridgehead atoms. The molecule has 0 spiro atoms. The van der Waals surface area contributed by atoms with Gasteiger partial charge in [-0.15, -0.1) is 0 Å². The number of hydrogen-bond donors (Lipinski definition) is 0. The average molecular weight is 355 g/mol. The molecule has 26 heavy (non-hydrogen) atoms. The largest absolute Gasteiger partial charge is 0.0654 e. The van der Waals surface area contributed by atoms with Crippen LogP contribution in [0.15, 0.2) is 30.3 Å². The van der Waals surface area contributed by atoms with E-state index >= 15 is 0 Å². The average Bonchev–Trinajstić information content (AvgIpc) is 2.73. The smallest absolute Gasteiger partial charge is 0.000945 e. The van der Waals surface area contributed by atoms with Crippen molar-refractivity contribution in [2.24, 2.45) is 11.8 Å². The maximum absolute atomic E-state index is 2.50. The Kier molecular flexibility index (Phi) is 8.08. The Balaban J connectivity index is 1.87. The number of hydrogen-bond acceptors (Lipinski definition) is 0. The zero-order chi connectivity index (χ0) is 18.1. The summed E-state index contributed by atoms with van der Waals surface area (Å²) in [6.45, 7) is 2.33. The normalized spacial score (nSPS) is 20.3. The van der Waals surface area contributed by atoms with Gasteiger partial charge in [0, 0.05) is 5.41 Å². The molecule has 0 N–H and O–H groups in total. The van der Waals surface area contributed by atoms with Crippen molar-refractivity contribution in [3.63, 3.8) is 0 Å². The Morgan fingerprint density at radius 2 is 1.23 bits per heavy atom. The maximum atomic E-state index is 2.50. The fourth-order valence-electron chi connectivity index (χ4n) is 6.36. The van der Waals surface area contributed by atoms with Gasteiger partial charge in [0.15, 0.2) is 0 Å². The summed E-state index contributed by atoms with van der Waals surface area (Å²) in [4.78, 5) is 0. The minimum absolute atomic E-state index is 0.480. The summed E-state index contributed by atoms with van der Waals surface area (Å²) in [5.41, 5.74) is 2.18. The van der Waals surface area contributed by atoms with Gasteiger partial charge in [-0.1, -0.05) is 108 Å². The highest BCUT2D eigenvalue weighted by Gasteiger charge is 2.46. The maximum Gasteiger partial charge on any atom is 0.000945 e. The van der Waals surface area contributed by atoms with E-state index in [0.29, 0.717) is 5.41 Å². The van der Waals surface area contributed by atoms with Gasteiger partial charge in [0.2, 0.25) is 0 Å².